The van der Waals surface area contributed by atoms with E-state index in [2.05, 4.69) is 0 Å². The van der Waals surface area contributed by atoms with Gasteiger partial charge in [0.05, 0.1) is 5.09 Å². The Hall–Kier alpha value is -0.460. The molecule has 7 heteroatoms. The van der Waals surface area contributed by atoms with Crippen LogP contribution in [0.4, 0.5) is 0 Å². The fourth-order valence-electron chi connectivity index (χ4n) is 0. The first-order valence-electron chi connectivity index (χ1n) is 0.730. The minimum Gasteiger partial charge on any atom is -0.577 e. The summed E-state index contributed by atoms with van der Waals surface area (Å²) in [6.45, 7) is 0. The van der Waals surface area contributed by atoms with Crippen LogP contribution in [0, 0.1) is 20.2 Å². The van der Waals surface area contributed by atoms with E-state index in [1.807, 2.05) is 0 Å². The van der Waals surface area contributed by atoms with Gasteiger partial charge in [-0.3, -0.25) is 0 Å². The second kappa shape index (κ2) is 17.7. The van der Waals surface area contributed by atoms with E-state index in [0.717, 1.165) is 0 Å². The van der Waals surface area contributed by atoms with Gasteiger partial charge in [0.2, 0.25) is 0 Å². The van der Waals surface area contributed by atoms with Gasteiger partial charge in [-0.1, -0.05) is 0 Å². The second-order valence-corrected chi connectivity index (χ2v) is 0.224. The predicted molar refractivity (Wildman–Crippen MR) is 17.1 cm³/mol. The second-order valence-electron chi connectivity index (χ2n) is 0.224. The smallest absolute Gasteiger partial charge is 0.577 e. The molecule has 0 rings (SSSR count). The molecule has 0 saturated heterocycles. The molecule has 7 heavy (non-hydrogen) atoms. The van der Waals surface area contributed by atoms with Gasteiger partial charge in [0.15, 0.2) is 0 Å². The Bertz CT molecular complexity index is 41.0. The van der Waals surface area contributed by atoms with Gasteiger partial charge in [-0.15, -0.1) is 0 Å². The number of rotatable bonds is 0. The monoisotopic (exact) mass is 289 g/mol. The van der Waals surface area contributed by atoms with Gasteiger partial charge >= 0.3 is 22.4 Å². The van der Waals surface area contributed by atoms with E-state index in [1.54, 1.807) is 0 Å². The van der Waals surface area contributed by atoms with Crippen LogP contribution >= 0.6 is 0 Å². The molecule has 6 nitrogen and oxygen atoms in total. The molecule has 0 radical (unpaired) electrons. The third-order valence-electron chi connectivity index (χ3n) is 0. The summed E-state index contributed by atoms with van der Waals surface area (Å²) in [5.74, 6) is 0. The predicted octanol–water partition coefficient (Wildman–Crippen LogP) is 0.0806. The summed E-state index contributed by atoms with van der Waals surface area (Å²) < 4.78 is 0. The van der Waals surface area contributed by atoms with Crippen molar-refractivity contribution in [2.24, 2.45) is 0 Å². The van der Waals surface area contributed by atoms with E-state index in [1.165, 1.54) is 0 Å². The molecule has 0 heterocycles. The third kappa shape index (κ3) is 329. The summed E-state index contributed by atoms with van der Waals surface area (Å²) in [4.78, 5) is 15.5. The fraction of sp³-hybridized carbons (Fsp3) is 0. The standard InChI is InChI=1S/Au.NO3.NO/c;2-1(3)4;1-2/q+1;2*-1. The van der Waals surface area contributed by atoms with Crippen molar-refractivity contribution in [1.29, 1.82) is 0 Å². The molecule has 0 unspecified atom stereocenters. The molecule has 0 bridgehead atoms. The molecule has 0 atom stereocenters. The molecule has 0 aliphatic heterocycles. The average molecular weight is 289 g/mol. The van der Waals surface area contributed by atoms with Gasteiger partial charge in [-0.05, 0) is 0 Å². The van der Waals surface area contributed by atoms with E-state index in [9.17, 15) is 0 Å². The van der Waals surface area contributed by atoms with E-state index in [0.29, 0.717) is 0 Å². The first kappa shape index (κ1) is 16.0. The van der Waals surface area contributed by atoms with Crippen LogP contribution in [0.2, 0.25) is 0 Å². The maximum atomic E-state index is 8.25. The van der Waals surface area contributed by atoms with Gasteiger partial charge in [0.25, 0.3) is 0 Å². The molecule has 0 N–H and O–H groups in total. The molecule has 0 amide bonds. The van der Waals surface area contributed by atoms with Crippen LogP contribution in [0.25, 0.3) is 5.59 Å². The molecular weight excluding hydrogens is 289 g/mol. The van der Waals surface area contributed by atoms with E-state index in [4.69, 9.17) is 25.8 Å². The molecular formula is AuN2O4-. The largest absolute Gasteiger partial charge is 1.00 e. The van der Waals surface area contributed by atoms with E-state index >= 15 is 0 Å². The topological polar surface area (TPSA) is 106 Å². The Morgan fingerprint density at radius 2 is 1.29 bits per heavy atom. The van der Waals surface area contributed by atoms with Gasteiger partial charge in [-0.2, -0.15) is 0 Å². The van der Waals surface area contributed by atoms with Crippen molar-refractivity contribution in [2.45, 2.75) is 0 Å². The Morgan fingerprint density at radius 1 is 1.29 bits per heavy atom. The number of hydrogen-bond donors (Lipinski definition) is 0. The molecule has 0 aromatic carbocycles. The van der Waals surface area contributed by atoms with Crippen molar-refractivity contribution in [3.8, 4) is 0 Å². The van der Waals surface area contributed by atoms with Crippen molar-refractivity contribution < 1.29 is 27.5 Å². The molecule has 0 aliphatic carbocycles. The molecule has 0 aromatic heterocycles. The third-order valence-corrected chi connectivity index (χ3v) is 0. The van der Waals surface area contributed by atoms with Crippen LogP contribution < -0.4 is 0 Å². The van der Waals surface area contributed by atoms with Crippen LogP contribution in [0.3, 0.4) is 0 Å². The molecule has 0 aromatic rings. The number of nitrogens with zero attached hydrogens (tertiary/aromatic N) is 2. The molecule has 46 valence electrons. The first-order chi connectivity index (χ1) is 2.73. The number of nitroso groups, excluding NO2 is 1. The van der Waals surface area contributed by atoms with Crippen LogP contribution in [-0.2, 0) is 22.4 Å². The van der Waals surface area contributed by atoms with Crippen LogP contribution in [-0.4, -0.2) is 5.09 Å². The van der Waals surface area contributed by atoms with Crippen molar-refractivity contribution >= 4 is 0 Å². The SMILES string of the molecule is O=[N+]([O-])[O-].[Au+].[N-]=O. The van der Waals surface area contributed by atoms with Gasteiger partial charge < -0.3 is 25.8 Å². The zero-order valence-corrected chi connectivity index (χ0v) is 5.00. The molecule has 0 aliphatic rings. The zero-order valence-electron chi connectivity index (χ0n) is 2.83. The maximum Gasteiger partial charge on any atom is 1.00 e. The van der Waals surface area contributed by atoms with Crippen molar-refractivity contribution in [3.63, 3.8) is 0 Å². The summed E-state index contributed by atoms with van der Waals surface area (Å²) in [5.41, 5.74) is 5.75. The molecule has 0 fully saturated rings. The van der Waals surface area contributed by atoms with E-state index in [-0.39, 0.29) is 22.4 Å². The minimum atomic E-state index is -1.75. The van der Waals surface area contributed by atoms with Crippen LogP contribution in [0.5, 0.6) is 0 Å². The fourth-order valence-corrected chi connectivity index (χ4v) is 0. The van der Waals surface area contributed by atoms with Gasteiger partial charge in [-0.25, -0.2) is 0 Å². The quantitative estimate of drug-likeness (QED) is 0.357. The summed E-state index contributed by atoms with van der Waals surface area (Å²) in [6.07, 6.45) is 0. The minimum absolute atomic E-state index is 0. The maximum absolute atomic E-state index is 8.25. The van der Waals surface area contributed by atoms with Crippen molar-refractivity contribution in [1.82, 2.24) is 0 Å². The summed E-state index contributed by atoms with van der Waals surface area (Å²) in [6, 6.07) is 0. The van der Waals surface area contributed by atoms with Crippen molar-refractivity contribution in [2.75, 3.05) is 0 Å². The van der Waals surface area contributed by atoms with Crippen molar-refractivity contribution in [3.05, 3.63) is 25.8 Å². The average Bonchev–Trinajstić information content (AvgIpc) is 1.41. The Kier molecular flexibility index (Phi) is 40.5. The Labute approximate surface area is 53.9 Å². The Morgan fingerprint density at radius 3 is 1.29 bits per heavy atom. The molecule has 0 saturated carbocycles. The normalized spacial score (nSPS) is 4.00. The van der Waals surface area contributed by atoms with Crippen LogP contribution in [0.1, 0.15) is 0 Å². The number of hydrogen-bond acceptors (Lipinski definition) is 4. The summed E-state index contributed by atoms with van der Waals surface area (Å²) in [7, 11) is 0. The van der Waals surface area contributed by atoms with E-state index < -0.39 is 5.09 Å². The zero-order chi connectivity index (χ0) is 5.58. The van der Waals surface area contributed by atoms with Gasteiger partial charge in [0.1, 0.15) is 0 Å². The molecule has 0 spiro atoms. The van der Waals surface area contributed by atoms with Crippen LogP contribution in [0.15, 0.2) is 0 Å². The first-order valence-corrected chi connectivity index (χ1v) is 0.730. The van der Waals surface area contributed by atoms with Gasteiger partial charge in [0, 0.05) is 0 Å². The Balaban J connectivity index is -0.0000000480. The summed E-state index contributed by atoms with van der Waals surface area (Å²) >= 11 is 0. The summed E-state index contributed by atoms with van der Waals surface area (Å²) in [5, 5.41) is 14.8.